The number of hydrogen-bond donors (Lipinski definition) is 1. The lowest BCUT2D eigenvalue weighted by molar-refractivity contribution is -0.671. The monoisotopic (exact) mass is 374 g/mol. The van der Waals surface area contributed by atoms with Crippen molar-refractivity contribution in [3.05, 3.63) is 53.5 Å². The number of fused-ring (bicyclic) bond motifs is 1. The molecule has 0 fully saturated rings. The maximum absolute atomic E-state index is 11.7. The minimum Gasteiger partial charge on any atom is -0.479 e. The molecule has 0 amide bonds. The van der Waals surface area contributed by atoms with Crippen molar-refractivity contribution in [3.8, 4) is 0 Å². The number of imidazole rings is 1. The van der Waals surface area contributed by atoms with Crippen molar-refractivity contribution < 1.29 is 22.9 Å². The van der Waals surface area contributed by atoms with E-state index in [1.54, 1.807) is 35.0 Å². The molecular formula is C18H20N3O4S+. The third-order valence-electron chi connectivity index (χ3n) is 4.46. The van der Waals surface area contributed by atoms with Gasteiger partial charge >= 0.3 is 11.6 Å². The maximum atomic E-state index is 11.7. The maximum Gasteiger partial charge on any atom is 0.338 e. The summed E-state index contributed by atoms with van der Waals surface area (Å²) in [5, 5.41) is 9.19. The highest BCUT2D eigenvalue weighted by molar-refractivity contribution is 7.90. The molecule has 0 unspecified atom stereocenters. The van der Waals surface area contributed by atoms with Gasteiger partial charge in [0.1, 0.15) is 6.20 Å². The molecule has 136 valence electrons. The second kappa shape index (κ2) is 6.53. The molecule has 3 aromatic rings. The molecule has 0 aliphatic heterocycles. The number of benzene rings is 1. The van der Waals surface area contributed by atoms with Crippen molar-refractivity contribution in [1.82, 2.24) is 9.55 Å². The van der Waals surface area contributed by atoms with Gasteiger partial charge in [0, 0.05) is 13.2 Å². The second-order valence-corrected chi connectivity index (χ2v) is 8.34. The number of nitrogens with zero attached hydrogens (tertiary/aromatic N) is 3. The Hall–Kier alpha value is -2.74. The van der Waals surface area contributed by atoms with Crippen LogP contribution in [0.4, 0.5) is 0 Å². The van der Waals surface area contributed by atoms with Gasteiger partial charge in [0.25, 0.3) is 0 Å². The fourth-order valence-corrected chi connectivity index (χ4v) is 3.76. The highest BCUT2D eigenvalue weighted by Gasteiger charge is 2.23. The number of aromatic nitrogens is 3. The summed E-state index contributed by atoms with van der Waals surface area (Å²) in [6.07, 6.45) is 2.85. The molecule has 8 heteroatoms. The Morgan fingerprint density at radius 2 is 2.00 bits per heavy atom. The summed E-state index contributed by atoms with van der Waals surface area (Å²) in [7, 11) is -3.26. The molecule has 1 aromatic carbocycles. The first kappa shape index (κ1) is 18.1. The van der Waals surface area contributed by atoms with Gasteiger partial charge in [0.15, 0.2) is 21.9 Å². The van der Waals surface area contributed by atoms with E-state index in [0.29, 0.717) is 12.2 Å². The second-order valence-electron chi connectivity index (χ2n) is 6.32. The Kier molecular flexibility index (Phi) is 4.53. The summed E-state index contributed by atoms with van der Waals surface area (Å²) in [4.78, 5) is 15.9. The number of hydrogen-bond acceptors (Lipinski definition) is 4. The van der Waals surface area contributed by atoms with Crippen LogP contribution in [-0.2, 0) is 27.7 Å². The minimum atomic E-state index is -3.26. The molecule has 0 bridgehead atoms. The van der Waals surface area contributed by atoms with Crippen LogP contribution in [0, 0.1) is 13.8 Å². The molecule has 7 nitrogen and oxygen atoms in total. The third kappa shape index (κ3) is 3.32. The van der Waals surface area contributed by atoms with Gasteiger partial charge in [-0.05, 0) is 42.3 Å². The summed E-state index contributed by atoms with van der Waals surface area (Å²) in [6.45, 7) is 4.05. The highest BCUT2D eigenvalue weighted by atomic mass is 32.2. The van der Waals surface area contributed by atoms with Crippen molar-refractivity contribution in [3.63, 3.8) is 0 Å². The first-order valence-corrected chi connectivity index (χ1v) is 9.92. The molecule has 0 saturated heterocycles. The van der Waals surface area contributed by atoms with Crippen molar-refractivity contribution >= 4 is 27.0 Å². The lowest BCUT2D eigenvalue weighted by Gasteiger charge is -2.08. The van der Waals surface area contributed by atoms with Gasteiger partial charge in [0.2, 0.25) is 5.82 Å². The lowest BCUT2D eigenvalue weighted by Crippen LogP contribution is -2.38. The molecule has 0 aliphatic carbocycles. The lowest BCUT2D eigenvalue weighted by atomic mass is 10.1. The fraction of sp³-hybridized carbons (Fsp3) is 0.278. The number of sulfone groups is 1. The standard InChI is InChI=1S/C18H19N3O4S/c1-12-9-15(26(3,24)25)7-6-14(12)10-21-13(2)20(11-17(22)23)16-5-4-8-19-18(16)21/h4-9H,10-11H2,1-3H3/p+1. The Balaban J connectivity index is 2.10. The average molecular weight is 374 g/mol. The number of carboxylic acids is 1. The SMILES string of the molecule is Cc1cc(S(C)(=O)=O)ccc1C[n+]1c(C)n(CC(=O)O)c2cccnc21. The van der Waals surface area contributed by atoms with Crippen LogP contribution in [0.15, 0.2) is 41.4 Å². The molecular weight excluding hydrogens is 354 g/mol. The quantitative estimate of drug-likeness (QED) is 0.683. The van der Waals surface area contributed by atoms with Crippen molar-refractivity contribution in [2.24, 2.45) is 0 Å². The van der Waals surface area contributed by atoms with Crippen LogP contribution < -0.4 is 4.57 Å². The van der Waals surface area contributed by atoms with E-state index >= 15 is 0 Å². The van der Waals surface area contributed by atoms with Gasteiger partial charge in [0.05, 0.1) is 11.4 Å². The Morgan fingerprint density at radius 3 is 2.62 bits per heavy atom. The molecule has 3 rings (SSSR count). The Labute approximate surface area is 151 Å². The van der Waals surface area contributed by atoms with Gasteiger partial charge in [-0.15, -0.1) is 4.98 Å². The summed E-state index contributed by atoms with van der Waals surface area (Å²) in [5.74, 6) is -0.151. The van der Waals surface area contributed by atoms with Crippen LogP contribution in [0.2, 0.25) is 0 Å². The predicted molar refractivity (Wildman–Crippen MR) is 95.7 cm³/mol. The number of carbonyl (C=O) groups is 1. The molecule has 0 aliphatic rings. The average Bonchev–Trinajstić information content (AvgIpc) is 2.81. The van der Waals surface area contributed by atoms with Gasteiger partial charge in [-0.1, -0.05) is 6.07 Å². The molecule has 0 saturated carbocycles. The van der Waals surface area contributed by atoms with E-state index in [9.17, 15) is 18.3 Å². The van der Waals surface area contributed by atoms with Gasteiger partial charge in [-0.2, -0.15) is 0 Å². The molecule has 1 N–H and O–H groups in total. The first-order valence-electron chi connectivity index (χ1n) is 8.03. The zero-order valence-electron chi connectivity index (χ0n) is 14.8. The van der Waals surface area contributed by atoms with Gasteiger partial charge in [-0.25, -0.2) is 22.3 Å². The van der Waals surface area contributed by atoms with Crippen LogP contribution in [0.1, 0.15) is 17.0 Å². The zero-order chi connectivity index (χ0) is 19.1. The van der Waals surface area contributed by atoms with Crippen molar-refractivity contribution in [2.75, 3.05) is 6.26 Å². The third-order valence-corrected chi connectivity index (χ3v) is 5.57. The smallest absolute Gasteiger partial charge is 0.338 e. The molecule has 0 atom stereocenters. The summed E-state index contributed by atoms with van der Waals surface area (Å²) in [6, 6.07) is 8.66. The minimum absolute atomic E-state index is 0.146. The van der Waals surface area contributed by atoms with E-state index in [2.05, 4.69) is 4.98 Å². The normalized spacial score (nSPS) is 11.8. The van der Waals surface area contributed by atoms with Gasteiger partial charge < -0.3 is 5.11 Å². The van der Waals surface area contributed by atoms with Crippen LogP contribution in [-0.4, -0.2) is 35.3 Å². The molecule has 26 heavy (non-hydrogen) atoms. The summed E-state index contributed by atoms with van der Waals surface area (Å²) < 4.78 is 27.1. The van der Waals surface area contributed by atoms with E-state index in [4.69, 9.17) is 0 Å². The summed E-state index contributed by atoms with van der Waals surface area (Å²) in [5.41, 5.74) is 3.25. The molecule has 0 radical (unpaired) electrons. The fourth-order valence-electron chi connectivity index (χ4n) is 3.05. The Bertz CT molecular complexity index is 1120. The topological polar surface area (TPSA) is 93.1 Å². The van der Waals surface area contributed by atoms with Gasteiger partial charge in [-0.3, -0.25) is 0 Å². The van der Waals surface area contributed by atoms with Crippen LogP contribution in [0.5, 0.6) is 0 Å². The van der Waals surface area contributed by atoms with E-state index < -0.39 is 15.8 Å². The zero-order valence-corrected chi connectivity index (χ0v) is 15.6. The van der Waals surface area contributed by atoms with Crippen molar-refractivity contribution in [1.29, 1.82) is 0 Å². The number of aliphatic carboxylic acids is 1. The van der Waals surface area contributed by atoms with E-state index in [1.807, 2.05) is 24.5 Å². The van der Waals surface area contributed by atoms with E-state index in [1.165, 1.54) is 6.26 Å². The van der Waals surface area contributed by atoms with Crippen molar-refractivity contribution in [2.45, 2.75) is 31.8 Å². The summed E-state index contributed by atoms with van der Waals surface area (Å²) >= 11 is 0. The first-order chi connectivity index (χ1) is 12.2. The van der Waals surface area contributed by atoms with Crippen LogP contribution in [0.25, 0.3) is 11.2 Å². The van der Waals surface area contributed by atoms with E-state index in [-0.39, 0.29) is 11.4 Å². The molecule has 2 heterocycles. The number of rotatable bonds is 5. The highest BCUT2D eigenvalue weighted by Crippen LogP contribution is 2.17. The Morgan fingerprint density at radius 1 is 1.27 bits per heavy atom. The molecule has 0 spiro atoms. The van der Waals surface area contributed by atoms with Crippen LogP contribution in [0.3, 0.4) is 0 Å². The molecule has 2 aromatic heterocycles. The van der Waals surface area contributed by atoms with E-state index in [0.717, 1.165) is 22.5 Å². The number of pyridine rings is 1. The number of carboxylic acid groups (broad SMARTS) is 1. The predicted octanol–water partition coefficient (Wildman–Crippen LogP) is 1.48. The van der Waals surface area contributed by atoms with Crippen LogP contribution >= 0.6 is 0 Å². The number of aryl methyl sites for hydroxylation is 1. The largest absolute Gasteiger partial charge is 0.479 e.